The SMILES string of the molecule is CCNC(CC1CC2CCC1C2)c1cc(C)oc1C. The third-order valence-electron chi connectivity index (χ3n) is 5.33. The lowest BCUT2D eigenvalue weighted by atomic mass is 9.82. The fourth-order valence-electron chi connectivity index (χ4n) is 4.53. The molecule has 2 nitrogen and oxygen atoms in total. The van der Waals surface area contributed by atoms with E-state index in [2.05, 4.69) is 32.2 Å². The molecule has 3 rings (SSSR count). The average molecular weight is 261 g/mol. The third-order valence-corrected chi connectivity index (χ3v) is 5.33. The first kappa shape index (κ1) is 13.2. The van der Waals surface area contributed by atoms with Crippen LogP contribution in [-0.4, -0.2) is 6.54 Å². The van der Waals surface area contributed by atoms with E-state index in [1.807, 2.05) is 0 Å². The van der Waals surface area contributed by atoms with Crippen LogP contribution >= 0.6 is 0 Å². The molecule has 19 heavy (non-hydrogen) atoms. The van der Waals surface area contributed by atoms with Gasteiger partial charge in [0, 0.05) is 11.6 Å². The summed E-state index contributed by atoms with van der Waals surface area (Å²) in [5.41, 5.74) is 1.39. The molecular weight excluding hydrogens is 234 g/mol. The van der Waals surface area contributed by atoms with Crippen LogP contribution in [-0.2, 0) is 0 Å². The summed E-state index contributed by atoms with van der Waals surface area (Å²) in [6.07, 6.45) is 7.26. The first-order chi connectivity index (χ1) is 9.17. The standard InChI is InChI=1S/C17H27NO/c1-4-18-17(16-7-11(2)19-12(16)3)10-15-9-13-5-6-14(15)8-13/h7,13-15,17-18H,4-6,8-10H2,1-3H3. The molecule has 2 fully saturated rings. The van der Waals surface area contributed by atoms with Gasteiger partial charge in [-0.3, -0.25) is 0 Å². The van der Waals surface area contributed by atoms with Crippen molar-refractivity contribution in [3.05, 3.63) is 23.2 Å². The van der Waals surface area contributed by atoms with Gasteiger partial charge in [0.2, 0.25) is 0 Å². The molecule has 0 aliphatic heterocycles. The zero-order chi connectivity index (χ0) is 13.4. The molecule has 2 aliphatic rings. The molecule has 106 valence electrons. The van der Waals surface area contributed by atoms with Crippen molar-refractivity contribution >= 4 is 0 Å². The normalized spacial score (nSPS) is 31.0. The van der Waals surface area contributed by atoms with Gasteiger partial charge >= 0.3 is 0 Å². The van der Waals surface area contributed by atoms with Gasteiger partial charge in [-0.15, -0.1) is 0 Å². The Kier molecular flexibility index (Phi) is 3.70. The number of furan rings is 1. The minimum absolute atomic E-state index is 0.492. The van der Waals surface area contributed by atoms with Crippen molar-refractivity contribution in [3.63, 3.8) is 0 Å². The van der Waals surface area contributed by atoms with E-state index in [0.717, 1.165) is 35.8 Å². The molecule has 2 aliphatic carbocycles. The Hall–Kier alpha value is -0.760. The number of fused-ring (bicyclic) bond motifs is 2. The third kappa shape index (κ3) is 2.60. The van der Waals surface area contributed by atoms with E-state index in [1.54, 1.807) is 0 Å². The monoisotopic (exact) mass is 261 g/mol. The quantitative estimate of drug-likeness (QED) is 0.851. The fourth-order valence-corrected chi connectivity index (χ4v) is 4.53. The van der Waals surface area contributed by atoms with Crippen molar-refractivity contribution in [2.24, 2.45) is 17.8 Å². The van der Waals surface area contributed by atoms with Crippen molar-refractivity contribution in [1.29, 1.82) is 0 Å². The number of aryl methyl sites for hydroxylation is 2. The van der Waals surface area contributed by atoms with Crippen molar-refractivity contribution < 1.29 is 4.42 Å². The Bertz CT molecular complexity index is 436. The molecule has 4 atom stereocenters. The molecule has 1 aromatic heterocycles. The van der Waals surface area contributed by atoms with E-state index in [-0.39, 0.29) is 0 Å². The van der Waals surface area contributed by atoms with Crippen LogP contribution in [0, 0.1) is 31.6 Å². The molecule has 0 spiro atoms. The van der Waals surface area contributed by atoms with Crippen molar-refractivity contribution in [3.8, 4) is 0 Å². The van der Waals surface area contributed by atoms with Gasteiger partial charge in [-0.2, -0.15) is 0 Å². The maximum atomic E-state index is 5.73. The van der Waals surface area contributed by atoms with Gasteiger partial charge in [0.05, 0.1) is 0 Å². The lowest BCUT2D eigenvalue weighted by Gasteiger charge is -2.27. The highest BCUT2D eigenvalue weighted by Gasteiger charge is 2.40. The molecule has 0 saturated heterocycles. The first-order valence-electron chi connectivity index (χ1n) is 7.97. The Balaban J connectivity index is 1.72. The van der Waals surface area contributed by atoms with Crippen LogP contribution in [0.1, 0.15) is 62.2 Å². The summed E-state index contributed by atoms with van der Waals surface area (Å²) >= 11 is 0. The Morgan fingerprint density at radius 2 is 2.16 bits per heavy atom. The fraction of sp³-hybridized carbons (Fsp3) is 0.765. The summed E-state index contributed by atoms with van der Waals surface area (Å²) in [7, 11) is 0. The van der Waals surface area contributed by atoms with E-state index in [9.17, 15) is 0 Å². The van der Waals surface area contributed by atoms with Crippen LogP contribution in [0.2, 0.25) is 0 Å². The number of nitrogens with one attached hydrogen (secondary N) is 1. The molecule has 2 heteroatoms. The molecule has 0 amide bonds. The summed E-state index contributed by atoms with van der Waals surface area (Å²) in [4.78, 5) is 0. The second-order valence-corrected chi connectivity index (χ2v) is 6.65. The Morgan fingerprint density at radius 3 is 2.68 bits per heavy atom. The van der Waals surface area contributed by atoms with Crippen molar-refractivity contribution in [2.45, 2.75) is 58.9 Å². The number of hydrogen-bond acceptors (Lipinski definition) is 2. The maximum Gasteiger partial charge on any atom is 0.105 e. The summed E-state index contributed by atoms with van der Waals surface area (Å²) in [6, 6.07) is 2.72. The summed E-state index contributed by atoms with van der Waals surface area (Å²) in [5, 5.41) is 3.68. The molecule has 2 bridgehead atoms. The molecule has 1 aromatic rings. The van der Waals surface area contributed by atoms with Crippen LogP contribution in [0.4, 0.5) is 0 Å². The molecule has 2 saturated carbocycles. The predicted molar refractivity (Wildman–Crippen MR) is 78.2 cm³/mol. The molecule has 1 heterocycles. The van der Waals surface area contributed by atoms with Gasteiger partial charge in [0.1, 0.15) is 11.5 Å². The Labute approximate surface area is 117 Å². The minimum atomic E-state index is 0.492. The van der Waals surface area contributed by atoms with Crippen molar-refractivity contribution in [1.82, 2.24) is 5.32 Å². The van der Waals surface area contributed by atoms with E-state index in [1.165, 1.54) is 37.7 Å². The lowest BCUT2D eigenvalue weighted by Crippen LogP contribution is -2.25. The smallest absolute Gasteiger partial charge is 0.105 e. The summed E-state index contributed by atoms with van der Waals surface area (Å²) in [6.45, 7) is 7.40. The second-order valence-electron chi connectivity index (χ2n) is 6.65. The van der Waals surface area contributed by atoms with E-state index < -0.39 is 0 Å². The topological polar surface area (TPSA) is 25.2 Å². The lowest BCUT2D eigenvalue weighted by molar-refractivity contribution is 0.279. The largest absolute Gasteiger partial charge is 0.466 e. The first-order valence-corrected chi connectivity index (χ1v) is 7.97. The zero-order valence-corrected chi connectivity index (χ0v) is 12.5. The average Bonchev–Trinajstić information content (AvgIpc) is 3.04. The van der Waals surface area contributed by atoms with Crippen molar-refractivity contribution in [2.75, 3.05) is 6.54 Å². The van der Waals surface area contributed by atoms with Gasteiger partial charge in [-0.25, -0.2) is 0 Å². The van der Waals surface area contributed by atoms with E-state index in [4.69, 9.17) is 4.42 Å². The van der Waals surface area contributed by atoms with E-state index in [0.29, 0.717) is 6.04 Å². The van der Waals surface area contributed by atoms with Gasteiger partial charge in [0.15, 0.2) is 0 Å². The van der Waals surface area contributed by atoms with Crippen LogP contribution in [0.25, 0.3) is 0 Å². The highest BCUT2D eigenvalue weighted by molar-refractivity contribution is 5.24. The van der Waals surface area contributed by atoms with Gasteiger partial charge in [-0.1, -0.05) is 13.3 Å². The maximum absolute atomic E-state index is 5.73. The number of hydrogen-bond donors (Lipinski definition) is 1. The molecule has 4 unspecified atom stereocenters. The van der Waals surface area contributed by atoms with E-state index >= 15 is 0 Å². The second kappa shape index (κ2) is 5.32. The molecular formula is C17H27NO. The Morgan fingerprint density at radius 1 is 1.32 bits per heavy atom. The summed E-state index contributed by atoms with van der Waals surface area (Å²) < 4.78 is 5.73. The van der Waals surface area contributed by atoms with Crippen LogP contribution in [0.5, 0.6) is 0 Å². The highest BCUT2D eigenvalue weighted by Crippen LogP contribution is 2.51. The minimum Gasteiger partial charge on any atom is -0.466 e. The van der Waals surface area contributed by atoms with Crippen LogP contribution < -0.4 is 5.32 Å². The van der Waals surface area contributed by atoms with Gasteiger partial charge < -0.3 is 9.73 Å². The number of rotatable bonds is 5. The summed E-state index contributed by atoms with van der Waals surface area (Å²) in [5.74, 6) is 5.15. The predicted octanol–water partition coefficient (Wildman–Crippen LogP) is 4.37. The van der Waals surface area contributed by atoms with Crippen LogP contribution in [0.3, 0.4) is 0 Å². The molecule has 0 radical (unpaired) electrons. The molecule has 0 aromatic carbocycles. The zero-order valence-electron chi connectivity index (χ0n) is 12.5. The van der Waals surface area contributed by atoms with Crippen LogP contribution in [0.15, 0.2) is 10.5 Å². The highest BCUT2D eigenvalue weighted by atomic mass is 16.3. The van der Waals surface area contributed by atoms with Gasteiger partial charge in [0.25, 0.3) is 0 Å². The van der Waals surface area contributed by atoms with Gasteiger partial charge in [-0.05, 0) is 69.9 Å². The molecule has 1 N–H and O–H groups in total.